The number of rotatable bonds is 7. The molecule has 90 valence electrons. The lowest BCUT2D eigenvalue weighted by molar-refractivity contribution is -0.131. The van der Waals surface area contributed by atoms with E-state index >= 15 is 0 Å². The third-order valence-corrected chi connectivity index (χ3v) is 3.06. The van der Waals surface area contributed by atoms with E-state index in [0.29, 0.717) is 17.7 Å². The molecule has 0 aromatic heterocycles. The van der Waals surface area contributed by atoms with Crippen LogP contribution in [0.2, 0.25) is 0 Å². The highest BCUT2D eigenvalue weighted by Gasteiger charge is 2.19. The van der Waals surface area contributed by atoms with Gasteiger partial charge in [0, 0.05) is 19.5 Å². The molecule has 0 rings (SSSR count). The minimum absolute atomic E-state index is 0.309. The number of nitrogens with zero attached hydrogens (tertiary/aromatic N) is 1. The van der Waals surface area contributed by atoms with Crippen LogP contribution in [-0.2, 0) is 4.79 Å². The maximum atomic E-state index is 11.8. The summed E-state index contributed by atoms with van der Waals surface area (Å²) in [5.74, 6) is 0.309. The van der Waals surface area contributed by atoms with Gasteiger partial charge in [-0.05, 0) is 32.1 Å². The summed E-state index contributed by atoms with van der Waals surface area (Å²) in [5.41, 5.74) is 0.317. The molecular formula is C13H27NO. The van der Waals surface area contributed by atoms with Gasteiger partial charge in [0.2, 0.25) is 5.91 Å². The molecule has 0 aliphatic rings. The number of hydrogen-bond donors (Lipinski definition) is 0. The van der Waals surface area contributed by atoms with E-state index in [-0.39, 0.29) is 0 Å². The quantitative estimate of drug-likeness (QED) is 0.634. The molecule has 0 bridgehead atoms. The van der Waals surface area contributed by atoms with Crippen LogP contribution in [-0.4, -0.2) is 23.9 Å². The van der Waals surface area contributed by atoms with Crippen LogP contribution >= 0.6 is 0 Å². The van der Waals surface area contributed by atoms with Crippen molar-refractivity contribution in [2.24, 2.45) is 5.41 Å². The first-order valence-corrected chi connectivity index (χ1v) is 6.24. The molecule has 0 aromatic rings. The molecule has 0 aliphatic carbocycles. The van der Waals surface area contributed by atoms with Crippen molar-refractivity contribution in [3.63, 3.8) is 0 Å². The van der Waals surface area contributed by atoms with E-state index in [1.165, 1.54) is 12.8 Å². The molecule has 0 aliphatic heterocycles. The van der Waals surface area contributed by atoms with Crippen molar-refractivity contribution >= 4 is 5.91 Å². The normalized spacial score (nSPS) is 11.5. The Balaban J connectivity index is 3.98. The molecule has 0 spiro atoms. The third-order valence-electron chi connectivity index (χ3n) is 3.06. The molecule has 0 N–H and O–H groups in total. The molecule has 0 unspecified atom stereocenters. The summed E-state index contributed by atoms with van der Waals surface area (Å²) in [5, 5.41) is 0. The average molecular weight is 213 g/mol. The average Bonchev–Trinajstić information content (AvgIpc) is 2.17. The lowest BCUT2D eigenvalue weighted by Gasteiger charge is -2.25. The molecule has 2 nitrogen and oxygen atoms in total. The van der Waals surface area contributed by atoms with Crippen LogP contribution in [0.1, 0.15) is 60.3 Å². The minimum atomic E-state index is 0.309. The van der Waals surface area contributed by atoms with Gasteiger partial charge in [-0.25, -0.2) is 0 Å². The SMILES string of the molecule is CCCC(C)(C)CCC(=O)N(CC)CC. The Kier molecular flexibility index (Phi) is 6.62. The second-order valence-electron chi connectivity index (χ2n) is 4.98. The number of hydrogen-bond acceptors (Lipinski definition) is 1. The molecule has 0 aromatic carbocycles. The predicted octanol–water partition coefficient (Wildman–Crippen LogP) is 3.46. The second-order valence-corrected chi connectivity index (χ2v) is 4.98. The van der Waals surface area contributed by atoms with Gasteiger partial charge in [0.05, 0.1) is 0 Å². The zero-order chi connectivity index (χ0) is 11.9. The van der Waals surface area contributed by atoms with Gasteiger partial charge in [-0.15, -0.1) is 0 Å². The minimum Gasteiger partial charge on any atom is -0.343 e. The van der Waals surface area contributed by atoms with E-state index in [1.54, 1.807) is 0 Å². The van der Waals surface area contributed by atoms with E-state index < -0.39 is 0 Å². The van der Waals surface area contributed by atoms with Crippen LogP contribution in [0.25, 0.3) is 0 Å². The lowest BCUT2D eigenvalue weighted by atomic mass is 9.83. The maximum Gasteiger partial charge on any atom is 0.222 e. The molecule has 2 heteroatoms. The van der Waals surface area contributed by atoms with E-state index in [1.807, 2.05) is 18.7 Å². The van der Waals surface area contributed by atoms with Gasteiger partial charge in [-0.2, -0.15) is 0 Å². The van der Waals surface area contributed by atoms with Gasteiger partial charge in [-0.3, -0.25) is 4.79 Å². The summed E-state index contributed by atoms with van der Waals surface area (Å²) in [7, 11) is 0. The Morgan fingerprint density at radius 1 is 1.07 bits per heavy atom. The molecule has 0 heterocycles. The van der Waals surface area contributed by atoms with Crippen molar-refractivity contribution in [3.8, 4) is 0 Å². The summed E-state index contributed by atoms with van der Waals surface area (Å²) in [6, 6.07) is 0. The summed E-state index contributed by atoms with van der Waals surface area (Å²) in [4.78, 5) is 13.7. The summed E-state index contributed by atoms with van der Waals surface area (Å²) < 4.78 is 0. The standard InChI is InChI=1S/C13H27NO/c1-6-10-13(4,5)11-9-12(15)14(7-2)8-3/h6-11H2,1-5H3. The topological polar surface area (TPSA) is 20.3 Å². The highest BCUT2D eigenvalue weighted by Crippen LogP contribution is 2.28. The number of carbonyl (C=O) groups is 1. The number of carbonyl (C=O) groups excluding carboxylic acids is 1. The molecule has 0 radical (unpaired) electrons. The Morgan fingerprint density at radius 3 is 2.00 bits per heavy atom. The first-order chi connectivity index (χ1) is 6.96. The van der Waals surface area contributed by atoms with Crippen LogP contribution in [0.4, 0.5) is 0 Å². The zero-order valence-electron chi connectivity index (χ0n) is 11.1. The van der Waals surface area contributed by atoms with Crippen molar-refractivity contribution in [1.82, 2.24) is 4.90 Å². The van der Waals surface area contributed by atoms with Crippen LogP contribution in [0.5, 0.6) is 0 Å². The van der Waals surface area contributed by atoms with Crippen LogP contribution in [0, 0.1) is 5.41 Å². The fourth-order valence-corrected chi connectivity index (χ4v) is 1.98. The van der Waals surface area contributed by atoms with E-state index in [9.17, 15) is 4.79 Å². The maximum absolute atomic E-state index is 11.8. The highest BCUT2D eigenvalue weighted by atomic mass is 16.2. The molecule has 0 fully saturated rings. The Hall–Kier alpha value is -0.530. The highest BCUT2D eigenvalue weighted by molar-refractivity contribution is 5.76. The van der Waals surface area contributed by atoms with Crippen molar-refractivity contribution in [1.29, 1.82) is 0 Å². The number of amides is 1. The van der Waals surface area contributed by atoms with Gasteiger partial charge in [0.1, 0.15) is 0 Å². The Labute approximate surface area is 95.0 Å². The van der Waals surface area contributed by atoms with Crippen molar-refractivity contribution in [2.45, 2.75) is 60.3 Å². The summed E-state index contributed by atoms with van der Waals surface area (Å²) >= 11 is 0. The van der Waals surface area contributed by atoms with Crippen LogP contribution in [0.3, 0.4) is 0 Å². The van der Waals surface area contributed by atoms with E-state index in [0.717, 1.165) is 19.5 Å². The molecule has 0 saturated carbocycles. The van der Waals surface area contributed by atoms with Crippen molar-refractivity contribution in [3.05, 3.63) is 0 Å². The molecular weight excluding hydrogens is 186 g/mol. The van der Waals surface area contributed by atoms with Gasteiger partial charge in [0.15, 0.2) is 0 Å². The monoisotopic (exact) mass is 213 g/mol. The fraction of sp³-hybridized carbons (Fsp3) is 0.923. The van der Waals surface area contributed by atoms with Crippen molar-refractivity contribution < 1.29 is 4.79 Å². The van der Waals surface area contributed by atoms with Gasteiger partial charge in [-0.1, -0.05) is 27.2 Å². The van der Waals surface area contributed by atoms with Crippen LogP contribution < -0.4 is 0 Å². The molecule has 15 heavy (non-hydrogen) atoms. The first kappa shape index (κ1) is 14.5. The third kappa shape index (κ3) is 5.81. The summed E-state index contributed by atoms with van der Waals surface area (Å²) in [6.45, 7) is 12.5. The Bertz CT molecular complexity index is 183. The van der Waals surface area contributed by atoms with Crippen LogP contribution in [0.15, 0.2) is 0 Å². The van der Waals surface area contributed by atoms with E-state index in [2.05, 4.69) is 20.8 Å². The summed E-state index contributed by atoms with van der Waals surface area (Å²) in [6.07, 6.45) is 4.12. The van der Waals surface area contributed by atoms with Gasteiger partial charge >= 0.3 is 0 Å². The van der Waals surface area contributed by atoms with Gasteiger partial charge in [0.25, 0.3) is 0 Å². The van der Waals surface area contributed by atoms with Gasteiger partial charge < -0.3 is 4.90 Å². The largest absolute Gasteiger partial charge is 0.343 e. The molecule has 1 amide bonds. The van der Waals surface area contributed by atoms with Crippen molar-refractivity contribution in [2.75, 3.05) is 13.1 Å². The zero-order valence-corrected chi connectivity index (χ0v) is 11.1. The predicted molar refractivity (Wildman–Crippen MR) is 65.9 cm³/mol. The Morgan fingerprint density at radius 2 is 1.60 bits per heavy atom. The molecule has 0 atom stereocenters. The molecule has 0 saturated heterocycles. The fourth-order valence-electron chi connectivity index (χ4n) is 1.98. The first-order valence-electron chi connectivity index (χ1n) is 6.24. The smallest absolute Gasteiger partial charge is 0.222 e. The lowest BCUT2D eigenvalue weighted by Crippen LogP contribution is -2.31. The second kappa shape index (κ2) is 6.86. The van der Waals surface area contributed by atoms with E-state index in [4.69, 9.17) is 0 Å².